The van der Waals surface area contributed by atoms with Crippen LogP contribution in [-0.4, -0.2) is 21.0 Å². The van der Waals surface area contributed by atoms with E-state index in [0.29, 0.717) is 5.69 Å². The van der Waals surface area contributed by atoms with Crippen LogP contribution >= 0.6 is 11.3 Å². The average molecular weight is 220 g/mol. The molecule has 0 amide bonds. The summed E-state index contributed by atoms with van der Waals surface area (Å²) in [5.74, 6) is -0.960. The Bertz CT molecular complexity index is 494. The number of carboxylic acids is 1. The van der Waals surface area contributed by atoms with Crippen molar-refractivity contribution in [2.75, 3.05) is 0 Å². The molecule has 1 N–H and O–H groups in total. The molecule has 0 aromatic carbocycles. The lowest BCUT2D eigenvalue weighted by Gasteiger charge is -2.01. The predicted octanol–water partition coefficient (Wildman–Crippen LogP) is 2.21. The molecule has 5 heteroatoms. The lowest BCUT2D eigenvalue weighted by atomic mass is 10.1. The van der Waals surface area contributed by atoms with Gasteiger partial charge in [0.25, 0.3) is 0 Å². The molecule has 0 aliphatic carbocycles. The molecule has 0 aliphatic rings. The van der Waals surface area contributed by atoms with Gasteiger partial charge in [-0.1, -0.05) is 0 Å². The van der Waals surface area contributed by atoms with E-state index in [0.717, 1.165) is 10.6 Å². The Morgan fingerprint density at radius 1 is 1.47 bits per heavy atom. The maximum absolute atomic E-state index is 10.9. The smallest absolute Gasteiger partial charge is 0.337 e. The largest absolute Gasteiger partial charge is 0.478 e. The van der Waals surface area contributed by atoms with Gasteiger partial charge in [0.05, 0.1) is 11.3 Å². The van der Waals surface area contributed by atoms with Crippen LogP contribution in [0.5, 0.6) is 0 Å². The third-order valence-corrected chi connectivity index (χ3v) is 2.82. The molecule has 15 heavy (non-hydrogen) atoms. The maximum Gasteiger partial charge on any atom is 0.337 e. The third-order valence-electron chi connectivity index (χ3n) is 2.00. The van der Waals surface area contributed by atoms with E-state index in [4.69, 9.17) is 5.11 Å². The van der Waals surface area contributed by atoms with Gasteiger partial charge in [0.2, 0.25) is 0 Å². The molecule has 2 heterocycles. The van der Waals surface area contributed by atoms with Crippen LogP contribution in [0.4, 0.5) is 0 Å². The first-order valence-electron chi connectivity index (χ1n) is 4.28. The molecule has 2 rings (SSSR count). The van der Waals surface area contributed by atoms with E-state index < -0.39 is 5.97 Å². The molecule has 0 saturated carbocycles. The maximum atomic E-state index is 10.9. The SMILES string of the molecule is Cc1ncc(-c2nccs2)cc1C(=O)O. The highest BCUT2D eigenvalue weighted by Gasteiger charge is 2.10. The number of aromatic nitrogens is 2. The van der Waals surface area contributed by atoms with Crippen molar-refractivity contribution >= 4 is 17.3 Å². The van der Waals surface area contributed by atoms with Crippen LogP contribution in [0.25, 0.3) is 10.6 Å². The Morgan fingerprint density at radius 3 is 2.87 bits per heavy atom. The summed E-state index contributed by atoms with van der Waals surface area (Å²) in [5.41, 5.74) is 1.48. The summed E-state index contributed by atoms with van der Waals surface area (Å²) in [7, 11) is 0. The molecular formula is C10H8N2O2S. The normalized spacial score (nSPS) is 10.2. The summed E-state index contributed by atoms with van der Waals surface area (Å²) in [6.45, 7) is 1.68. The van der Waals surface area contributed by atoms with Crippen molar-refractivity contribution in [1.82, 2.24) is 9.97 Å². The van der Waals surface area contributed by atoms with Gasteiger partial charge in [-0.25, -0.2) is 9.78 Å². The van der Waals surface area contributed by atoms with E-state index in [9.17, 15) is 4.79 Å². The number of hydrogen-bond donors (Lipinski definition) is 1. The molecule has 0 atom stereocenters. The minimum atomic E-state index is -0.960. The highest BCUT2D eigenvalue weighted by atomic mass is 32.1. The molecule has 0 radical (unpaired) electrons. The monoisotopic (exact) mass is 220 g/mol. The van der Waals surface area contributed by atoms with Crippen LogP contribution in [0.2, 0.25) is 0 Å². The predicted molar refractivity (Wildman–Crippen MR) is 57.0 cm³/mol. The Balaban J connectivity index is 2.52. The van der Waals surface area contributed by atoms with Crippen molar-refractivity contribution in [2.24, 2.45) is 0 Å². The van der Waals surface area contributed by atoms with Gasteiger partial charge in [-0.3, -0.25) is 4.98 Å². The first-order valence-corrected chi connectivity index (χ1v) is 5.16. The van der Waals surface area contributed by atoms with Crippen molar-refractivity contribution in [3.05, 3.63) is 35.1 Å². The zero-order valence-corrected chi connectivity index (χ0v) is 8.78. The van der Waals surface area contributed by atoms with Gasteiger partial charge in [0, 0.05) is 23.3 Å². The van der Waals surface area contributed by atoms with Crippen LogP contribution in [-0.2, 0) is 0 Å². The summed E-state index contributed by atoms with van der Waals surface area (Å²) >= 11 is 1.46. The number of thiazole rings is 1. The van der Waals surface area contributed by atoms with E-state index in [1.807, 2.05) is 5.38 Å². The lowest BCUT2D eigenvalue weighted by Crippen LogP contribution is -2.01. The molecule has 0 unspecified atom stereocenters. The topological polar surface area (TPSA) is 63.1 Å². The number of carbonyl (C=O) groups is 1. The number of aryl methyl sites for hydroxylation is 1. The molecule has 76 valence electrons. The molecule has 4 nitrogen and oxygen atoms in total. The van der Waals surface area contributed by atoms with Crippen molar-refractivity contribution in [2.45, 2.75) is 6.92 Å². The van der Waals surface area contributed by atoms with Gasteiger partial charge in [0.15, 0.2) is 0 Å². The summed E-state index contributed by atoms with van der Waals surface area (Å²) < 4.78 is 0. The minimum Gasteiger partial charge on any atom is -0.478 e. The second-order valence-corrected chi connectivity index (χ2v) is 3.89. The Labute approximate surface area is 90.3 Å². The fourth-order valence-electron chi connectivity index (χ4n) is 1.23. The molecule has 0 aliphatic heterocycles. The number of aromatic carboxylic acids is 1. The fraction of sp³-hybridized carbons (Fsp3) is 0.100. The first-order chi connectivity index (χ1) is 7.18. The van der Waals surface area contributed by atoms with Gasteiger partial charge in [-0.15, -0.1) is 11.3 Å². The number of nitrogens with zero attached hydrogens (tertiary/aromatic N) is 2. The molecule has 0 bridgehead atoms. The summed E-state index contributed by atoms with van der Waals surface area (Å²) in [6.07, 6.45) is 3.32. The molecule has 0 saturated heterocycles. The van der Waals surface area contributed by atoms with E-state index in [2.05, 4.69) is 9.97 Å². The number of pyridine rings is 1. The standard InChI is InChI=1S/C10H8N2O2S/c1-6-8(10(13)14)4-7(5-12-6)9-11-2-3-15-9/h2-5H,1H3,(H,13,14). The fourth-order valence-corrected chi connectivity index (χ4v) is 1.85. The van der Waals surface area contributed by atoms with Crippen LogP contribution in [0.15, 0.2) is 23.8 Å². The van der Waals surface area contributed by atoms with E-state index in [1.165, 1.54) is 11.3 Å². The zero-order valence-electron chi connectivity index (χ0n) is 7.97. The van der Waals surface area contributed by atoms with Gasteiger partial charge in [-0.05, 0) is 13.0 Å². The zero-order chi connectivity index (χ0) is 10.8. The molecule has 2 aromatic rings. The van der Waals surface area contributed by atoms with Crippen LogP contribution in [0.3, 0.4) is 0 Å². The Hall–Kier alpha value is -1.75. The summed E-state index contributed by atoms with van der Waals surface area (Å²) in [4.78, 5) is 19.0. The van der Waals surface area contributed by atoms with Crippen molar-refractivity contribution < 1.29 is 9.90 Å². The highest BCUT2D eigenvalue weighted by molar-refractivity contribution is 7.13. The Kier molecular flexibility index (Phi) is 2.47. The average Bonchev–Trinajstić information content (AvgIpc) is 2.71. The van der Waals surface area contributed by atoms with Gasteiger partial charge in [-0.2, -0.15) is 0 Å². The number of carboxylic acid groups (broad SMARTS) is 1. The minimum absolute atomic E-state index is 0.225. The first kappa shape index (κ1) is 9.79. The Morgan fingerprint density at radius 2 is 2.27 bits per heavy atom. The van der Waals surface area contributed by atoms with Gasteiger partial charge < -0.3 is 5.11 Å². The van der Waals surface area contributed by atoms with Crippen molar-refractivity contribution in [3.63, 3.8) is 0 Å². The second kappa shape index (κ2) is 3.78. The van der Waals surface area contributed by atoms with Crippen molar-refractivity contribution in [1.29, 1.82) is 0 Å². The number of rotatable bonds is 2. The lowest BCUT2D eigenvalue weighted by molar-refractivity contribution is 0.0695. The van der Waals surface area contributed by atoms with Crippen LogP contribution < -0.4 is 0 Å². The van der Waals surface area contributed by atoms with E-state index in [-0.39, 0.29) is 5.56 Å². The molecule has 0 spiro atoms. The quantitative estimate of drug-likeness (QED) is 0.842. The van der Waals surface area contributed by atoms with Gasteiger partial charge in [0.1, 0.15) is 5.01 Å². The van der Waals surface area contributed by atoms with Crippen molar-refractivity contribution in [3.8, 4) is 10.6 Å². The highest BCUT2D eigenvalue weighted by Crippen LogP contribution is 2.22. The molecular weight excluding hydrogens is 212 g/mol. The summed E-state index contributed by atoms with van der Waals surface area (Å²) in [5, 5.41) is 11.6. The van der Waals surface area contributed by atoms with E-state index in [1.54, 1.807) is 25.4 Å². The van der Waals surface area contributed by atoms with Crippen LogP contribution in [0.1, 0.15) is 16.1 Å². The van der Waals surface area contributed by atoms with E-state index >= 15 is 0 Å². The third kappa shape index (κ3) is 1.87. The number of hydrogen-bond acceptors (Lipinski definition) is 4. The second-order valence-electron chi connectivity index (χ2n) is 3.00. The molecule has 0 fully saturated rings. The summed E-state index contributed by atoms with van der Waals surface area (Å²) in [6, 6.07) is 1.60. The van der Waals surface area contributed by atoms with Crippen LogP contribution in [0, 0.1) is 6.92 Å². The van der Waals surface area contributed by atoms with Gasteiger partial charge >= 0.3 is 5.97 Å². The molecule has 2 aromatic heterocycles.